The first kappa shape index (κ1) is 22.8. The molecule has 0 saturated carbocycles. The zero-order chi connectivity index (χ0) is 24.5. The minimum Gasteiger partial charge on any atom is -0.426 e. The highest BCUT2D eigenvalue weighted by molar-refractivity contribution is 5.89. The molecule has 35 heavy (non-hydrogen) atoms. The van der Waals surface area contributed by atoms with Gasteiger partial charge in [0, 0.05) is 31.1 Å². The summed E-state index contributed by atoms with van der Waals surface area (Å²) in [5.74, 6) is 0.195. The third-order valence-electron chi connectivity index (χ3n) is 6.28. The molecule has 180 valence electrons. The second-order valence-corrected chi connectivity index (χ2v) is 8.95. The summed E-state index contributed by atoms with van der Waals surface area (Å²) in [6, 6.07) is 14.4. The lowest BCUT2D eigenvalue weighted by Crippen LogP contribution is -2.46. The SMILES string of the molecule is Cc1cc(CC(=O)N2C[C@H](O)C[C@H]2C(=O)NCc2ccc(-c3ccc4c(c3)CC(=O)O4)cc2)on1. The van der Waals surface area contributed by atoms with Gasteiger partial charge in [-0.1, -0.05) is 35.5 Å². The van der Waals surface area contributed by atoms with Crippen LogP contribution in [-0.2, 0) is 33.8 Å². The van der Waals surface area contributed by atoms with Crippen molar-refractivity contribution in [2.45, 2.75) is 44.9 Å². The monoisotopic (exact) mass is 475 g/mol. The Balaban J connectivity index is 1.19. The zero-order valence-electron chi connectivity index (χ0n) is 19.2. The van der Waals surface area contributed by atoms with Crippen molar-refractivity contribution < 1.29 is 28.8 Å². The number of amides is 2. The fourth-order valence-electron chi connectivity index (χ4n) is 4.52. The largest absolute Gasteiger partial charge is 0.426 e. The number of aliphatic hydroxyl groups excluding tert-OH is 1. The molecule has 2 aromatic carbocycles. The Bertz CT molecular complexity index is 1280. The van der Waals surface area contributed by atoms with E-state index in [1.807, 2.05) is 36.4 Å². The van der Waals surface area contributed by atoms with Gasteiger partial charge in [0.15, 0.2) is 0 Å². The summed E-state index contributed by atoms with van der Waals surface area (Å²) >= 11 is 0. The maximum Gasteiger partial charge on any atom is 0.315 e. The molecule has 1 saturated heterocycles. The number of nitrogens with one attached hydrogen (secondary N) is 1. The summed E-state index contributed by atoms with van der Waals surface area (Å²) in [7, 11) is 0. The van der Waals surface area contributed by atoms with Crippen LogP contribution in [-0.4, -0.2) is 51.6 Å². The van der Waals surface area contributed by atoms with Gasteiger partial charge in [-0.25, -0.2) is 0 Å². The fraction of sp³-hybridized carbons (Fsp3) is 0.308. The summed E-state index contributed by atoms with van der Waals surface area (Å²) in [4.78, 5) is 38.5. The Kier molecular flexibility index (Phi) is 6.08. The molecular formula is C26H25N3O6. The van der Waals surface area contributed by atoms with E-state index < -0.39 is 12.1 Å². The molecule has 2 N–H and O–H groups in total. The van der Waals surface area contributed by atoms with Crippen LogP contribution in [0.2, 0.25) is 0 Å². The van der Waals surface area contributed by atoms with Crippen LogP contribution in [0.3, 0.4) is 0 Å². The molecule has 2 amide bonds. The molecular weight excluding hydrogens is 450 g/mol. The van der Waals surface area contributed by atoms with E-state index in [9.17, 15) is 19.5 Å². The Morgan fingerprint density at radius 1 is 1.14 bits per heavy atom. The highest BCUT2D eigenvalue weighted by Gasteiger charge is 2.38. The second-order valence-electron chi connectivity index (χ2n) is 8.95. The molecule has 2 aliphatic heterocycles. The van der Waals surface area contributed by atoms with E-state index in [1.54, 1.807) is 19.1 Å². The number of aliphatic hydroxyl groups is 1. The van der Waals surface area contributed by atoms with Crippen LogP contribution in [0.4, 0.5) is 0 Å². The van der Waals surface area contributed by atoms with Crippen molar-refractivity contribution in [1.82, 2.24) is 15.4 Å². The molecule has 2 aliphatic rings. The number of ether oxygens (including phenoxy) is 1. The predicted molar refractivity (Wildman–Crippen MR) is 124 cm³/mol. The first-order chi connectivity index (χ1) is 16.9. The number of carbonyl (C=O) groups is 3. The van der Waals surface area contributed by atoms with Crippen molar-refractivity contribution in [3.63, 3.8) is 0 Å². The third-order valence-corrected chi connectivity index (χ3v) is 6.28. The number of aromatic nitrogens is 1. The molecule has 0 bridgehead atoms. The first-order valence-electron chi connectivity index (χ1n) is 11.5. The maximum absolute atomic E-state index is 12.9. The van der Waals surface area contributed by atoms with E-state index in [0.29, 0.717) is 23.7 Å². The molecule has 9 nitrogen and oxygen atoms in total. The average Bonchev–Trinajstić information content (AvgIpc) is 3.54. The van der Waals surface area contributed by atoms with E-state index in [2.05, 4.69) is 10.5 Å². The Hall–Kier alpha value is -3.98. The number of nitrogens with zero attached hydrogens (tertiary/aromatic N) is 2. The Morgan fingerprint density at radius 2 is 1.91 bits per heavy atom. The minimum absolute atomic E-state index is 0.0121. The number of fused-ring (bicyclic) bond motifs is 1. The molecule has 1 aromatic heterocycles. The van der Waals surface area contributed by atoms with Crippen molar-refractivity contribution in [3.8, 4) is 16.9 Å². The third kappa shape index (κ3) is 4.95. The smallest absolute Gasteiger partial charge is 0.315 e. The van der Waals surface area contributed by atoms with Crippen LogP contribution in [0.5, 0.6) is 5.75 Å². The quantitative estimate of drug-likeness (QED) is 0.413. The zero-order valence-corrected chi connectivity index (χ0v) is 19.2. The summed E-state index contributed by atoms with van der Waals surface area (Å²) in [5, 5.41) is 16.8. The summed E-state index contributed by atoms with van der Waals surface area (Å²) < 4.78 is 10.3. The van der Waals surface area contributed by atoms with Crippen LogP contribution in [0, 0.1) is 6.92 Å². The number of β-amino-alcohol motifs (C(OH)–C–C–N with tert-alkyl or cyclic N) is 1. The number of rotatable bonds is 6. The van der Waals surface area contributed by atoms with Crippen LogP contribution in [0.1, 0.15) is 29.0 Å². The molecule has 0 radical (unpaired) electrons. The normalized spacial score (nSPS) is 18.9. The van der Waals surface area contributed by atoms with Gasteiger partial charge in [0.25, 0.3) is 0 Å². The Morgan fingerprint density at radius 3 is 2.66 bits per heavy atom. The molecule has 0 spiro atoms. The van der Waals surface area contributed by atoms with E-state index in [0.717, 1.165) is 22.3 Å². The van der Waals surface area contributed by atoms with Gasteiger partial charge in [0.2, 0.25) is 11.8 Å². The number of carbonyl (C=O) groups excluding carboxylic acids is 3. The molecule has 0 aliphatic carbocycles. The van der Waals surface area contributed by atoms with Crippen molar-refractivity contribution in [2.24, 2.45) is 0 Å². The lowest BCUT2D eigenvalue weighted by Gasteiger charge is -2.23. The lowest BCUT2D eigenvalue weighted by atomic mass is 10.0. The minimum atomic E-state index is -0.751. The van der Waals surface area contributed by atoms with Gasteiger partial charge < -0.3 is 24.6 Å². The summed E-state index contributed by atoms with van der Waals surface area (Å²) in [6.45, 7) is 2.17. The van der Waals surface area contributed by atoms with Gasteiger partial charge in [-0.3, -0.25) is 14.4 Å². The maximum atomic E-state index is 12.9. The second kappa shape index (κ2) is 9.34. The number of hydrogen-bond donors (Lipinski definition) is 2. The summed E-state index contributed by atoms with van der Waals surface area (Å²) in [6.07, 6.45) is -0.294. The standard InChI is InChI=1S/C26H25N3O6/c1-15-8-21(35-28-15)12-24(31)29-14-20(30)11-22(29)26(33)27-13-16-2-4-17(5-3-16)18-6-7-23-19(9-18)10-25(32)34-23/h2-9,20,22,30H,10-14H2,1H3,(H,27,33)/t20-,22+/m1/s1. The van der Waals surface area contributed by atoms with Crippen LogP contribution >= 0.6 is 0 Å². The number of aryl methyl sites for hydroxylation is 1. The van der Waals surface area contributed by atoms with E-state index >= 15 is 0 Å². The highest BCUT2D eigenvalue weighted by Crippen LogP contribution is 2.31. The van der Waals surface area contributed by atoms with Gasteiger partial charge in [-0.2, -0.15) is 0 Å². The molecule has 2 atom stereocenters. The first-order valence-corrected chi connectivity index (χ1v) is 11.5. The van der Waals surface area contributed by atoms with Crippen LogP contribution in [0.25, 0.3) is 11.1 Å². The average molecular weight is 476 g/mol. The van der Waals surface area contributed by atoms with Gasteiger partial charge >= 0.3 is 5.97 Å². The van der Waals surface area contributed by atoms with Gasteiger partial charge in [-0.15, -0.1) is 0 Å². The summed E-state index contributed by atoms with van der Waals surface area (Å²) in [5.41, 5.74) is 4.42. The van der Waals surface area contributed by atoms with Crippen LogP contribution < -0.4 is 10.1 Å². The fourth-order valence-corrected chi connectivity index (χ4v) is 4.52. The lowest BCUT2D eigenvalue weighted by molar-refractivity contribution is -0.138. The van der Waals surface area contributed by atoms with Crippen LogP contribution in [0.15, 0.2) is 53.1 Å². The van der Waals surface area contributed by atoms with E-state index in [4.69, 9.17) is 9.26 Å². The van der Waals surface area contributed by atoms with E-state index in [1.165, 1.54) is 4.90 Å². The van der Waals surface area contributed by atoms with Crippen molar-refractivity contribution in [2.75, 3.05) is 6.54 Å². The van der Waals surface area contributed by atoms with Crippen molar-refractivity contribution in [1.29, 1.82) is 0 Å². The van der Waals surface area contributed by atoms with Crippen molar-refractivity contribution >= 4 is 17.8 Å². The predicted octanol–water partition coefficient (Wildman–Crippen LogP) is 1.93. The van der Waals surface area contributed by atoms with Gasteiger partial charge in [0.05, 0.1) is 24.6 Å². The number of esters is 1. The van der Waals surface area contributed by atoms with Gasteiger partial charge in [-0.05, 0) is 35.7 Å². The van der Waals surface area contributed by atoms with E-state index in [-0.39, 0.29) is 43.6 Å². The molecule has 1 fully saturated rings. The topological polar surface area (TPSA) is 122 Å². The molecule has 5 rings (SSSR count). The number of likely N-dealkylation sites (tertiary alicyclic amines) is 1. The molecule has 3 heterocycles. The highest BCUT2D eigenvalue weighted by atomic mass is 16.5. The van der Waals surface area contributed by atoms with Crippen molar-refractivity contribution in [3.05, 3.63) is 71.1 Å². The number of benzene rings is 2. The Labute approximate surface area is 201 Å². The number of hydrogen-bond acceptors (Lipinski definition) is 7. The molecule has 0 unspecified atom stereocenters. The molecule has 3 aromatic rings. The molecule has 9 heteroatoms. The van der Waals surface area contributed by atoms with Gasteiger partial charge in [0.1, 0.15) is 17.6 Å².